The second-order valence-corrected chi connectivity index (χ2v) is 16.1. The summed E-state index contributed by atoms with van der Waals surface area (Å²) in [4.78, 5) is 139. The second kappa shape index (κ2) is 27.2. The molecule has 0 spiro atoms. The topological polar surface area (TPSA) is 386 Å². The van der Waals surface area contributed by atoms with Crippen LogP contribution in [0.25, 0.3) is 10.8 Å². The third-order valence-corrected chi connectivity index (χ3v) is 10.7. The van der Waals surface area contributed by atoms with Gasteiger partial charge >= 0.3 is 35.9 Å². The lowest BCUT2D eigenvalue weighted by atomic mass is 10.0. The van der Waals surface area contributed by atoms with Crippen molar-refractivity contribution in [2.24, 2.45) is 0 Å². The Bertz CT molecular complexity index is 2670. The van der Waals surface area contributed by atoms with Crippen LogP contribution < -0.4 is 37.2 Å². The molecule has 0 aliphatic carbocycles. The van der Waals surface area contributed by atoms with Gasteiger partial charge in [0.05, 0.1) is 0 Å². The van der Waals surface area contributed by atoms with E-state index in [1.165, 1.54) is 24.3 Å². The van der Waals surface area contributed by atoms with Crippen molar-refractivity contribution in [1.82, 2.24) is 42.2 Å². The van der Waals surface area contributed by atoms with Gasteiger partial charge < -0.3 is 62.8 Å². The molecular weight excluding hydrogens is 951 g/mol. The minimum Gasteiger partial charge on any atom is -0.481 e. The fourth-order valence-corrected chi connectivity index (χ4v) is 6.87. The van der Waals surface area contributed by atoms with E-state index in [9.17, 15) is 72.4 Å². The molecule has 7 amide bonds. The summed E-state index contributed by atoms with van der Waals surface area (Å²) in [5.74, 6) is -13.1. The van der Waals surface area contributed by atoms with Crippen molar-refractivity contribution < 1.29 is 82.7 Å². The van der Waals surface area contributed by atoms with Gasteiger partial charge in [0.1, 0.15) is 24.2 Å². The van der Waals surface area contributed by atoms with E-state index in [1.54, 1.807) is 6.07 Å². The molecule has 0 bridgehead atoms. The predicted molar refractivity (Wildman–Crippen MR) is 247 cm³/mol. The number of carboxylic acid groups (broad SMARTS) is 5. The van der Waals surface area contributed by atoms with Crippen molar-refractivity contribution in [3.05, 3.63) is 113 Å². The van der Waals surface area contributed by atoms with E-state index in [-0.39, 0.29) is 49.9 Å². The first kappa shape index (κ1) is 55.6. The molecule has 4 aromatic rings. The summed E-state index contributed by atoms with van der Waals surface area (Å²) in [6.07, 6.45) is -0.916. The Morgan fingerprint density at radius 3 is 1.71 bits per heavy atom. The minimum atomic E-state index is -2.22. The average Bonchev–Trinajstić information content (AvgIpc) is 3.33. The van der Waals surface area contributed by atoms with Gasteiger partial charge in [-0.25, -0.2) is 24.2 Å². The van der Waals surface area contributed by atoms with Gasteiger partial charge in [-0.1, -0.05) is 54.6 Å². The lowest BCUT2D eigenvalue weighted by molar-refractivity contribution is -0.147. The molecule has 72 heavy (non-hydrogen) atoms. The normalized spacial score (nSPS) is 12.8. The summed E-state index contributed by atoms with van der Waals surface area (Å²) in [6.45, 7) is -0.294. The summed E-state index contributed by atoms with van der Waals surface area (Å²) >= 11 is 0. The van der Waals surface area contributed by atoms with Gasteiger partial charge in [-0.05, 0) is 72.2 Å². The molecule has 12 N–H and O–H groups in total. The number of carboxylic acids is 5. The molecule has 0 aliphatic rings. The van der Waals surface area contributed by atoms with Crippen molar-refractivity contribution in [3.63, 3.8) is 0 Å². The second-order valence-electron chi connectivity index (χ2n) is 16.1. The summed E-state index contributed by atoms with van der Waals surface area (Å²) in [6, 6.07) is 11.2. The number of nitrogens with one attached hydrogen (secondary N) is 7. The Morgan fingerprint density at radius 1 is 0.514 bits per heavy atom. The molecule has 0 fully saturated rings. The van der Waals surface area contributed by atoms with Crippen LogP contribution >= 0.6 is 0 Å². The predicted octanol–water partition coefficient (Wildman–Crippen LogP) is 0.921. The molecule has 382 valence electrons. The van der Waals surface area contributed by atoms with Crippen LogP contribution in [0.3, 0.4) is 0 Å². The standard InChI is InChI=1S/C47H51FN8O16/c48-35-23-30(18-20-49-35)40(62)52-31(14-16-36(57)58)42(64)56-38(46(70)71)43(65)51-24-25-8-12-28(13-9-25)39(61)53-34(22-26-10-11-27-5-1-2-6-29(27)21-26)41(63)50-19-4-3-7-32(44(66)67)54-47(72)55-33(45(68)69)15-17-37(59)60/h1-2,5-6,8-13,18,20-21,23,31-34,38H,3-4,7,14-17,19,22,24H2,(H,50,63)(H,51,65)(H,52,62)(H,53,61)(H,56,64)(H,57,58)(H,59,60)(H,66,67)(H,68,69)(H,70,71)(H2,54,55,72)/i48-1. The molecule has 5 unspecified atom stereocenters. The Balaban J connectivity index is 1.36. The zero-order valence-electron chi connectivity index (χ0n) is 38.1. The van der Waals surface area contributed by atoms with Crippen LogP contribution in [0.15, 0.2) is 85.1 Å². The third-order valence-electron chi connectivity index (χ3n) is 10.7. The van der Waals surface area contributed by atoms with E-state index in [1.807, 2.05) is 47.0 Å². The highest BCUT2D eigenvalue weighted by atomic mass is 18.2. The van der Waals surface area contributed by atoms with E-state index in [0.29, 0.717) is 11.1 Å². The monoisotopic (exact) mass is 1000 g/mol. The molecule has 1 aromatic heterocycles. The van der Waals surface area contributed by atoms with Crippen LogP contribution in [0.2, 0.25) is 0 Å². The lowest BCUT2D eigenvalue weighted by Crippen LogP contribution is -2.56. The number of carbonyl (C=O) groups excluding carboxylic acids is 6. The molecule has 24 nitrogen and oxygen atoms in total. The largest absolute Gasteiger partial charge is 0.481 e. The van der Waals surface area contributed by atoms with Crippen LogP contribution in [0, 0.1) is 5.95 Å². The number of urea groups is 1. The number of fused-ring (bicyclic) bond motifs is 1. The number of halogens is 1. The van der Waals surface area contributed by atoms with Gasteiger partial charge in [0, 0.05) is 55.7 Å². The number of rotatable bonds is 28. The number of aliphatic carboxylic acids is 5. The van der Waals surface area contributed by atoms with Crippen LogP contribution in [-0.2, 0) is 51.3 Å². The van der Waals surface area contributed by atoms with Gasteiger partial charge in [-0.3, -0.25) is 33.6 Å². The van der Waals surface area contributed by atoms with E-state index in [4.69, 9.17) is 10.2 Å². The molecule has 0 saturated heterocycles. The Kier molecular flexibility index (Phi) is 21.0. The Morgan fingerprint density at radius 2 is 1.10 bits per heavy atom. The first-order valence-electron chi connectivity index (χ1n) is 22.1. The van der Waals surface area contributed by atoms with Gasteiger partial charge in [0.15, 0.2) is 0 Å². The van der Waals surface area contributed by atoms with Crippen molar-refractivity contribution >= 4 is 76.2 Å². The van der Waals surface area contributed by atoms with Crippen molar-refractivity contribution in [2.45, 2.75) is 88.1 Å². The van der Waals surface area contributed by atoms with Crippen LogP contribution in [-0.4, -0.2) is 133 Å². The summed E-state index contributed by atoms with van der Waals surface area (Å²) < 4.78 is 13.6. The highest BCUT2D eigenvalue weighted by molar-refractivity contribution is 6.05. The fourth-order valence-electron chi connectivity index (χ4n) is 6.87. The lowest BCUT2D eigenvalue weighted by Gasteiger charge is -2.21. The number of benzene rings is 3. The summed E-state index contributed by atoms with van der Waals surface area (Å²) in [7, 11) is 0. The van der Waals surface area contributed by atoms with Gasteiger partial charge in [-0.2, -0.15) is 4.39 Å². The summed E-state index contributed by atoms with van der Waals surface area (Å²) in [5, 5.41) is 64.6. The number of amides is 7. The number of hydrogen-bond donors (Lipinski definition) is 12. The minimum absolute atomic E-state index is 0.0150. The maximum absolute atomic E-state index is 13.6. The van der Waals surface area contributed by atoms with E-state index >= 15 is 0 Å². The van der Waals surface area contributed by atoms with Gasteiger partial charge in [0.25, 0.3) is 17.7 Å². The number of hydrogen-bond acceptors (Lipinski definition) is 12. The maximum atomic E-state index is 13.6. The zero-order chi connectivity index (χ0) is 52.9. The third kappa shape index (κ3) is 18.1. The SMILES string of the molecule is O=C(O)CCC(NC(=O)NC(CCCCNC(=O)C(Cc1ccc2ccccc2c1)NC(=O)c1ccc(CNC(=O)C(NC(=O)C(CCC(=O)O)NC(=O)c2ccnc([18F])c2)C(=O)O)cc1)C(=O)O)C(=O)O. The number of aromatic nitrogens is 1. The van der Waals surface area contributed by atoms with Crippen molar-refractivity contribution in [2.75, 3.05) is 6.54 Å². The van der Waals surface area contributed by atoms with Gasteiger partial charge in [0.2, 0.25) is 23.8 Å². The van der Waals surface area contributed by atoms with Gasteiger partial charge in [-0.15, -0.1) is 0 Å². The quantitative estimate of drug-likeness (QED) is 0.0214. The van der Waals surface area contributed by atoms with Crippen molar-refractivity contribution in [1.29, 1.82) is 0 Å². The number of nitrogens with zero attached hydrogens (tertiary/aromatic N) is 1. The molecule has 5 atom stereocenters. The molecule has 3 aromatic carbocycles. The van der Waals surface area contributed by atoms with E-state index in [2.05, 4.69) is 31.6 Å². The Labute approximate surface area is 408 Å². The highest BCUT2D eigenvalue weighted by Gasteiger charge is 2.32. The van der Waals surface area contributed by atoms with Crippen LogP contribution in [0.1, 0.15) is 76.8 Å². The Hall–Kier alpha value is -9.03. The molecule has 1 heterocycles. The maximum Gasteiger partial charge on any atom is 0.336 e. The van der Waals surface area contributed by atoms with E-state index in [0.717, 1.165) is 29.1 Å². The number of pyridine rings is 1. The molecule has 4 rings (SSSR count). The molecular formula is C47H51FN8O16. The first-order chi connectivity index (χ1) is 34.2. The smallest absolute Gasteiger partial charge is 0.336 e. The summed E-state index contributed by atoms with van der Waals surface area (Å²) in [5.41, 5.74) is 0.858. The number of unbranched alkanes of at least 4 members (excludes halogenated alkanes) is 1. The molecule has 0 radical (unpaired) electrons. The highest BCUT2D eigenvalue weighted by Crippen LogP contribution is 2.18. The van der Waals surface area contributed by atoms with Crippen molar-refractivity contribution in [3.8, 4) is 0 Å². The van der Waals surface area contributed by atoms with Crippen LogP contribution in [0.4, 0.5) is 9.18 Å². The zero-order valence-corrected chi connectivity index (χ0v) is 38.1. The fraction of sp³-hybridized carbons (Fsp3) is 0.319. The average molecular weight is 1000 g/mol. The molecule has 0 saturated carbocycles. The van der Waals surface area contributed by atoms with Crippen LogP contribution in [0.5, 0.6) is 0 Å². The molecule has 0 aliphatic heterocycles. The molecule has 25 heteroatoms. The number of carbonyl (C=O) groups is 11. The first-order valence-corrected chi connectivity index (χ1v) is 22.1. The van der Waals surface area contributed by atoms with E-state index < -0.39 is 127 Å².